The zero-order valence-electron chi connectivity index (χ0n) is 16.4. The van der Waals surface area contributed by atoms with Gasteiger partial charge in [-0.15, -0.1) is 0 Å². The first-order valence-corrected chi connectivity index (χ1v) is 9.95. The molecule has 2 fully saturated rings. The van der Waals surface area contributed by atoms with Gasteiger partial charge in [-0.3, -0.25) is 9.59 Å². The number of nitrogens with zero attached hydrogens (tertiary/aromatic N) is 3. The van der Waals surface area contributed by atoms with Crippen molar-refractivity contribution in [1.29, 1.82) is 0 Å². The van der Waals surface area contributed by atoms with E-state index in [1.807, 2.05) is 11.0 Å². The summed E-state index contributed by atoms with van der Waals surface area (Å²) < 4.78 is 39.0. The number of rotatable bonds is 3. The van der Waals surface area contributed by atoms with Crippen LogP contribution in [0, 0.1) is 0 Å². The predicted molar refractivity (Wildman–Crippen MR) is 108 cm³/mol. The van der Waals surface area contributed by atoms with Gasteiger partial charge in [0.05, 0.1) is 16.8 Å². The fourth-order valence-corrected chi connectivity index (χ4v) is 4.01. The lowest BCUT2D eigenvalue weighted by Gasteiger charge is -2.36. The summed E-state index contributed by atoms with van der Waals surface area (Å²) in [7, 11) is 0. The van der Waals surface area contributed by atoms with Crippen LogP contribution in [-0.4, -0.2) is 49.4 Å². The van der Waals surface area contributed by atoms with Gasteiger partial charge in [-0.05, 0) is 36.8 Å². The second-order valence-corrected chi connectivity index (χ2v) is 7.49. The molecule has 0 N–H and O–H groups in total. The zero-order chi connectivity index (χ0) is 21.3. The second kappa shape index (κ2) is 8.01. The number of hydrogen-bond acceptors (Lipinski definition) is 3. The molecule has 0 saturated carbocycles. The molecule has 2 heterocycles. The number of anilines is 2. The van der Waals surface area contributed by atoms with E-state index in [0.29, 0.717) is 56.1 Å². The molecule has 30 heavy (non-hydrogen) atoms. The zero-order valence-corrected chi connectivity index (χ0v) is 16.4. The van der Waals surface area contributed by atoms with Crippen molar-refractivity contribution < 1.29 is 22.8 Å². The number of hydrogen-bond donors (Lipinski definition) is 0. The molecule has 0 bridgehead atoms. The van der Waals surface area contributed by atoms with Crippen molar-refractivity contribution in [3.63, 3.8) is 0 Å². The van der Waals surface area contributed by atoms with Gasteiger partial charge < -0.3 is 14.7 Å². The number of benzene rings is 2. The van der Waals surface area contributed by atoms with Crippen LogP contribution in [0.25, 0.3) is 0 Å². The highest BCUT2D eigenvalue weighted by Crippen LogP contribution is 2.32. The van der Waals surface area contributed by atoms with Crippen molar-refractivity contribution in [2.45, 2.75) is 19.0 Å². The Morgan fingerprint density at radius 3 is 2.30 bits per heavy atom. The minimum atomic E-state index is -4.38. The van der Waals surface area contributed by atoms with Crippen molar-refractivity contribution in [3.8, 4) is 0 Å². The molecule has 8 heteroatoms. The van der Waals surface area contributed by atoms with Gasteiger partial charge in [0, 0.05) is 44.8 Å². The highest BCUT2D eigenvalue weighted by atomic mass is 19.4. The van der Waals surface area contributed by atoms with E-state index in [4.69, 9.17) is 0 Å². The first-order chi connectivity index (χ1) is 14.3. The maximum atomic E-state index is 13.1. The Kier molecular flexibility index (Phi) is 5.40. The first kappa shape index (κ1) is 20.3. The van der Waals surface area contributed by atoms with Crippen LogP contribution < -0.4 is 9.80 Å². The summed E-state index contributed by atoms with van der Waals surface area (Å²) >= 11 is 0. The molecule has 0 aromatic heterocycles. The van der Waals surface area contributed by atoms with Crippen LogP contribution in [0.5, 0.6) is 0 Å². The third kappa shape index (κ3) is 3.99. The molecule has 2 aliphatic heterocycles. The SMILES string of the molecule is O=C(c1ccccc1N1CCCC1=O)N1CCN(c2cccc(C(F)(F)F)c2)CC1. The summed E-state index contributed by atoms with van der Waals surface area (Å²) in [5.74, 6) is -0.140. The topological polar surface area (TPSA) is 43.9 Å². The standard InChI is InChI=1S/C22H22F3N3O2/c23-22(24,25)16-5-3-6-17(15-16)26-11-13-27(14-12-26)21(30)18-7-1-2-8-19(18)28-10-4-9-20(28)29/h1-3,5-8,15H,4,9-14H2. The van der Waals surface area contributed by atoms with Crippen LogP contribution in [-0.2, 0) is 11.0 Å². The van der Waals surface area contributed by atoms with E-state index < -0.39 is 11.7 Å². The summed E-state index contributed by atoms with van der Waals surface area (Å²) in [6, 6.07) is 12.4. The molecule has 2 aromatic rings. The van der Waals surface area contributed by atoms with E-state index in [1.165, 1.54) is 6.07 Å². The van der Waals surface area contributed by atoms with Crippen molar-refractivity contribution in [2.75, 3.05) is 42.5 Å². The Hall–Kier alpha value is -3.03. The van der Waals surface area contributed by atoms with Gasteiger partial charge in [0.25, 0.3) is 5.91 Å². The molecule has 2 amide bonds. The fourth-order valence-electron chi connectivity index (χ4n) is 4.01. The molecule has 5 nitrogen and oxygen atoms in total. The minimum absolute atomic E-state index is 0.0182. The molecule has 2 saturated heterocycles. The normalized spacial score (nSPS) is 17.6. The van der Waals surface area contributed by atoms with Gasteiger partial charge in [0.15, 0.2) is 0 Å². The molecule has 0 spiro atoms. The Labute approximate surface area is 172 Å². The van der Waals surface area contributed by atoms with Crippen molar-refractivity contribution in [3.05, 3.63) is 59.7 Å². The molecule has 4 rings (SSSR count). The van der Waals surface area contributed by atoms with Crippen LogP contribution >= 0.6 is 0 Å². The van der Waals surface area contributed by atoms with Gasteiger partial charge in [0.2, 0.25) is 5.91 Å². The first-order valence-electron chi connectivity index (χ1n) is 9.95. The minimum Gasteiger partial charge on any atom is -0.368 e. The average Bonchev–Trinajstić information content (AvgIpc) is 3.18. The maximum absolute atomic E-state index is 13.1. The third-order valence-electron chi connectivity index (χ3n) is 5.60. The lowest BCUT2D eigenvalue weighted by atomic mass is 10.1. The predicted octanol–water partition coefficient (Wildman–Crippen LogP) is 3.79. The number of alkyl halides is 3. The highest BCUT2D eigenvalue weighted by molar-refractivity contribution is 6.05. The van der Waals surface area contributed by atoms with Gasteiger partial charge in [-0.2, -0.15) is 13.2 Å². The molecule has 158 valence electrons. The molecule has 0 atom stereocenters. The molecule has 0 aliphatic carbocycles. The Bertz CT molecular complexity index is 953. The molecule has 2 aromatic carbocycles. The third-order valence-corrected chi connectivity index (χ3v) is 5.60. The smallest absolute Gasteiger partial charge is 0.368 e. The van der Waals surface area contributed by atoms with E-state index >= 15 is 0 Å². The number of halogens is 3. The summed E-state index contributed by atoms with van der Waals surface area (Å²) in [6.07, 6.45) is -3.13. The number of carbonyl (C=O) groups is 2. The van der Waals surface area contributed by atoms with E-state index in [1.54, 1.807) is 34.1 Å². The Morgan fingerprint density at radius 2 is 1.63 bits per heavy atom. The largest absolute Gasteiger partial charge is 0.416 e. The fraction of sp³-hybridized carbons (Fsp3) is 0.364. The lowest BCUT2D eigenvalue weighted by molar-refractivity contribution is -0.137. The lowest BCUT2D eigenvalue weighted by Crippen LogP contribution is -2.49. The monoisotopic (exact) mass is 417 g/mol. The van der Waals surface area contributed by atoms with Gasteiger partial charge >= 0.3 is 6.18 Å². The average molecular weight is 417 g/mol. The van der Waals surface area contributed by atoms with Gasteiger partial charge in [-0.25, -0.2) is 0 Å². The summed E-state index contributed by atoms with van der Waals surface area (Å²) in [4.78, 5) is 30.5. The van der Waals surface area contributed by atoms with Crippen molar-refractivity contribution in [2.24, 2.45) is 0 Å². The molecular weight excluding hydrogens is 395 g/mol. The summed E-state index contributed by atoms with van der Waals surface area (Å²) in [5.41, 5.74) is 0.938. The quantitative estimate of drug-likeness (QED) is 0.763. The maximum Gasteiger partial charge on any atom is 0.416 e. The van der Waals surface area contributed by atoms with Crippen molar-refractivity contribution in [1.82, 2.24) is 4.90 Å². The van der Waals surface area contributed by atoms with E-state index in [9.17, 15) is 22.8 Å². The highest BCUT2D eigenvalue weighted by Gasteiger charge is 2.32. The molecule has 0 radical (unpaired) electrons. The van der Waals surface area contributed by atoms with Crippen LogP contribution in [0.3, 0.4) is 0 Å². The Balaban J connectivity index is 1.47. The van der Waals surface area contributed by atoms with Gasteiger partial charge in [-0.1, -0.05) is 18.2 Å². The van der Waals surface area contributed by atoms with E-state index in [-0.39, 0.29) is 11.8 Å². The number of piperazine rings is 1. The van der Waals surface area contributed by atoms with Crippen LogP contribution in [0.4, 0.5) is 24.5 Å². The number of para-hydroxylation sites is 1. The van der Waals surface area contributed by atoms with Gasteiger partial charge in [0.1, 0.15) is 0 Å². The second-order valence-electron chi connectivity index (χ2n) is 7.49. The number of carbonyl (C=O) groups excluding carboxylic acids is 2. The Morgan fingerprint density at radius 1 is 0.900 bits per heavy atom. The van der Waals surface area contributed by atoms with Crippen LogP contribution in [0.1, 0.15) is 28.8 Å². The molecule has 2 aliphatic rings. The summed E-state index contributed by atoms with van der Waals surface area (Å²) in [6.45, 7) is 2.29. The van der Waals surface area contributed by atoms with Crippen LogP contribution in [0.15, 0.2) is 48.5 Å². The van der Waals surface area contributed by atoms with Crippen molar-refractivity contribution >= 4 is 23.2 Å². The van der Waals surface area contributed by atoms with E-state index in [2.05, 4.69) is 0 Å². The van der Waals surface area contributed by atoms with E-state index in [0.717, 1.165) is 18.6 Å². The molecule has 0 unspecified atom stereocenters. The summed E-state index contributed by atoms with van der Waals surface area (Å²) in [5, 5.41) is 0. The van der Waals surface area contributed by atoms with Crippen LogP contribution in [0.2, 0.25) is 0 Å². The number of amides is 2. The molecular formula is C22H22F3N3O2.